The molecule has 0 fully saturated rings. The number of hydrogen-bond acceptors (Lipinski definition) is 5. The number of rotatable bonds is 4. The summed E-state index contributed by atoms with van der Waals surface area (Å²) in [7, 11) is 0. The van der Waals surface area contributed by atoms with Gasteiger partial charge in [-0.3, -0.25) is 10.1 Å². The van der Waals surface area contributed by atoms with E-state index in [2.05, 4.69) is 20.9 Å². The van der Waals surface area contributed by atoms with Crippen LogP contribution in [0.5, 0.6) is 5.75 Å². The van der Waals surface area contributed by atoms with Crippen molar-refractivity contribution in [2.24, 2.45) is 0 Å². The molecule has 0 amide bonds. The Hall–Kier alpha value is -2.46. The Morgan fingerprint density at radius 3 is 2.95 bits per heavy atom. The molecule has 0 aliphatic carbocycles. The number of nitro benzene ring substituents is 1. The Morgan fingerprint density at radius 2 is 2.29 bits per heavy atom. The zero-order valence-corrected chi connectivity index (χ0v) is 12.6. The number of pyridine rings is 1. The molecule has 0 saturated carbocycles. The van der Waals surface area contributed by atoms with E-state index >= 15 is 0 Å². The number of aryl methyl sites for hydroxylation is 1. The van der Waals surface area contributed by atoms with Crippen LogP contribution in [0.25, 0.3) is 0 Å². The quantitative estimate of drug-likeness (QED) is 0.623. The predicted molar refractivity (Wildman–Crippen MR) is 78.8 cm³/mol. The number of hydrogen-bond donors (Lipinski definition) is 0. The molecule has 6 nitrogen and oxygen atoms in total. The second-order valence-electron chi connectivity index (χ2n) is 4.24. The molecule has 0 unspecified atom stereocenters. The van der Waals surface area contributed by atoms with Crippen LogP contribution in [-0.4, -0.2) is 9.91 Å². The summed E-state index contributed by atoms with van der Waals surface area (Å²) in [5.41, 5.74) is 1.34. The highest BCUT2D eigenvalue weighted by Crippen LogP contribution is 2.34. The molecule has 0 radical (unpaired) electrons. The summed E-state index contributed by atoms with van der Waals surface area (Å²) in [6, 6.07) is 8.46. The van der Waals surface area contributed by atoms with Crippen molar-refractivity contribution >= 4 is 21.6 Å². The fraction of sp³-hybridized carbons (Fsp3) is 0.143. The Kier molecular flexibility index (Phi) is 4.50. The SMILES string of the molecule is Cc1cc(Br)cc([N+](=O)[O-])c1OCc1cccnc1C#N. The van der Waals surface area contributed by atoms with Crippen molar-refractivity contribution in [3.8, 4) is 11.8 Å². The van der Waals surface area contributed by atoms with Crippen molar-refractivity contribution in [1.29, 1.82) is 5.26 Å². The molecule has 2 aromatic rings. The third kappa shape index (κ3) is 3.35. The predicted octanol–water partition coefficient (Wildman–Crippen LogP) is 3.51. The third-order valence-electron chi connectivity index (χ3n) is 2.79. The summed E-state index contributed by atoms with van der Waals surface area (Å²) in [6.45, 7) is 1.77. The molecular weight excluding hydrogens is 338 g/mol. The molecule has 7 heteroatoms. The van der Waals surface area contributed by atoms with E-state index < -0.39 is 4.92 Å². The summed E-state index contributed by atoms with van der Waals surface area (Å²) < 4.78 is 6.17. The zero-order chi connectivity index (χ0) is 15.4. The summed E-state index contributed by atoms with van der Waals surface area (Å²) >= 11 is 3.22. The van der Waals surface area contributed by atoms with E-state index in [-0.39, 0.29) is 23.7 Å². The molecule has 21 heavy (non-hydrogen) atoms. The number of nitriles is 1. The van der Waals surface area contributed by atoms with Gasteiger partial charge in [-0.2, -0.15) is 5.26 Å². The molecule has 1 aromatic heterocycles. The van der Waals surface area contributed by atoms with Gasteiger partial charge in [-0.25, -0.2) is 4.98 Å². The number of benzene rings is 1. The third-order valence-corrected chi connectivity index (χ3v) is 3.24. The lowest BCUT2D eigenvalue weighted by Crippen LogP contribution is -2.03. The van der Waals surface area contributed by atoms with Crippen LogP contribution in [0.2, 0.25) is 0 Å². The first-order chi connectivity index (χ1) is 10.0. The van der Waals surface area contributed by atoms with Gasteiger partial charge in [0.25, 0.3) is 0 Å². The van der Waals surface area contributed by atoms with Crippen LogP contribution in [0.3, 0.4) is 0 Å². The van der Waals surface area contributed by atoms with Crippen molar-refractivity contribution in [3.63, 3.8) is 0 Å². The molecule has 0 atom stereocenters. The summed E-state index contributed by atoms with van der Waals surface area (Å²) in [5.74, 6) is 0.191. The van der Waals surface area contributed by atoms with Gasteiger partial charge < -0.3 is 4.74 Å². The largest absolute Gasteiger partial charge is 0.482 e. The van der Waals surface area contributed by atoms with E-state index in [1.165, 1.54) is 12.3 Å². The van der Waals surface area contributed by atoms with E-state index in [4.69, 9.17) is 10.00 Å². The topological polar surface area (TPSA) is 89.1 Å². The van der Waals surface area contributed by atoms with Crippen molar-refractivity contribution in [2.45, 2.75) is 13.5 Å². The van der Waals surface area contributed by atoms with Crippen LogP contribution in [0.1, 0.15) is 16.8 Å². The molecule has 0 spiro atoms. The van der Waals surface area contributed by atoms with Gasteiger partial charge >= 0.3 is 5.69 Å². The van der Waals surface area contributed by atoms with Crippen LogP contribution in [-0.2, 0) is 6.61 Å². The van der Waals surface area contributed by atoms with Gasteiger partial charge in [0, 0.05) is 22.3 Å². The molecule has 0 aliphatic rings. The van der Waals surface area contributed by atoms with Crippen LogP contribution in [0.4, 0.5) is 5.69 Å². The first kappa shape index (κ1) is 14.9. The number of ether oxygens (including phenoxy) is 1. The fourth-order valence-corrected chi connectivity index (χ4v) is 2.40. The lowest BCUT2D eigenvalue weighted by Gasteiger charge is -2.10. The molecule has 1 aromatic carbocycles. The number of nitro groups is 1. The monoisotopic (exact) mass is 347 g/mol. The normalized spacial score (nSPS) is 9.95. The maximum absolute atomic E-state index is 11.1. The van der Waals surface area contributed by atoms with E-state index in [1.54, 1.807) is 25.1 Å². The molecular formula is C14H10BrN3O3. The minimum atomic E-state index is -0.498. The lowest BCUT2D eigenvalue weighted by molar-refractivity contribution is -0.386. The Bertz CT molecular complexity index is 741. The lowest BCUT2D eigenvalue weighted by atomic mass is 10.2. The number of nitrogens with zero attached hydrogens (tertiary/aromatic N) is 3. The summed E-state index contributed by atoms with van der Waals surface area (Å²) in [5, 5.41) is 20.1. The number of halogens is 1. The highest BCUT2D eigenvalue weighted by molar-refractivity contribution is 9.10. The van der Waals surface area contributed by atoms with Crippen molar-refractivity contribution in [3.05, 3.63) is 61.9 Å². The van der Waals surface area contributed by atoms with E-state index in [1.807, 2.05) is 6.07 Å². The summed E-state index contributed by atoms with van der Waals surface area (Å²) in [4.78, 5) is 14.5. The molecule has 0 saturated heterocycles. The molecule has 0 N–H and O–H groups in total. The van der Waals surface area contributed by atoms with Gasteiger partial charge in [0.1, 0.15) is 18.4 Å². The molecule has 2 rings (SSSR count). The van der Waals surface area contributed by atoms with Crippen molar-refractivity contribution < 1.29 is 9.66 Å². The van der Waals surface area contributed by atoms with Crippen LogP contribution < -0.4 is 4.74 Å². The van der Waals surface area contributed by atoms with Crippen LogP contribution in [0.15, 0.2) is 34.9 Å². The first-order valence-corrected chi connectivity index (χ1v) is 6.73. The maximum Gasteiger partial charge on any atom is 0.312 e. The summed E-state index contributed by atoms with van der Waals surface area (Å²) in [6.07, 6.45) is 1.51. The minimum absolute atomic E-state index is 0.0417. The maximum atomic E-state index is 11.1. The van der Waals surface area contributed by atoms with Gasteiger partial charge in [-0.05, 0) is 24.6 Å². The van der Waals surface area contributed by atoms with E-state index in [0.717, 1.165) is 0 Å². The Morgan fingerprint density at radius 1 is 1.52 bits per heavy atom. The highest BCUT2D eigenvalue weighted by atomic mass is 79.9. The zero-order valence-electron chi connectivity index (χ0n) is 11.0. The van der Waals surface area contributed by atoms with E-state index in [0.29, 0.717) is 15.6 Å². The smallest absolute Gasteiger partial charge is 0.312 e. The average molecular weight is 348 g/mol. The Balaban J connectivity index is 2.32. The second kappa shape index (κ2) is 6.33. The van der Waals surface area contributed by atoms with Crippen LogP contribution >= 0.6 is 15.9 Å². The van der Waals surface area contributed by atoms with Crippen molar-refractivity contribution in [2.75, 3.05) is 0 Å². The van der Waals surface area contributed by atoms with Gasteiger partial charge in [0.2, 0.25) is 0 Å². The second-order valence-corrected chi connectivity index (χ2v) is 5.16. The van der Waals surface area contributed by atoms with Gasteiger partial charge in [-0.1, -0.05) is 22.0 Å². The van der Waals surface area contributed by atoms with E-state index in [9.17, 15) is 10.1 Å². The van der Waals surface area contributed by atoms with Gasteiger partial charge in [0.05, 0.1) is 4.92 Å². The molecule has 106 valence electrons. The number of aromatic nitrogens is 1. The standard InChI is InChI=1S/C14H10BrN3O3/c1-9-5-11(15)6-13(18(19)20)14(9)21-8-10-3-2-4-17-12(10)7-16/h2-6H,8H2,1H3. The first-order valence-electron chi connectivity index (χ1n) is 5.94. The van der Waals surface area contributed by atoms with Crippen LogP contribution in [0, 0.1) is 28.4 Å². The Labute approximate surface area is 129 Å². The fourth-order valence-electron chi connectivity index (χ4n) is 1.84. The molecule has 0 bridgehead atoms. The van der Waals surface area contributed by atoms with Crippen molar-refractivity contribution in [1.82, 2.24) is 4.98 Å². The minimum Gasteiger partial charge on any atom is -0.482 e. The average Bonchev–Trinajstić information content (AvgIpc) is 2.45. The molecule has 0 aliphatic heterocycles. The highest BCUT2D eigenvalue weighted by Gasteiger charge is 2.19. The molecule has 1 heterocycles. The van der Waals surface area contributed by atoms with Gasteiger partial charge in [0.15, 0.2) is 5.75 Å². The van der Waals surface area contributed by atoms with Gasteiger partial charge in [-0.15, -0.1) is 0 Å².